The summed E-state index contributed by atoms with van der Waals surface area (Å²) in [6.07, 6.45) is 2.71. The van der Waals surface area contributed by atoms with Crippen molar-refractivity contribution in [3.63, 3.8) is 0 Å². The van der Waals surface area contributed by atoms with E-state index in [0.717, 1.165) is 24.8 Å². The maximum absolute atomic E-state index is 11.6. The van der Waals surface area contributed by atoms with Gasteiger partial charge in [-0.2, -0.15) is 0 Å². The summed E-state index contributed by atoms with van der Waals surface area (Å²) in [6, 6.07) is 3.29. The Kier molecular flexibility index (Phi) is 2.97. The lowest BCUT2D eigenvalue weighted by Crippen LogP contribution is -2.20. The Morgan fingerprint density at radius 3 is 2.69 bits per heavy atom. The summed E-state index contributed by atoms with van der Waals surface area (Å²) in [4.78, 5) is 23.1. The molecule has 0 radical (unpaired) electrons. The van der Waals surface area contributed by atoms with E-state index in [4.69, 9.17) is 11.6 Å². The van der Waals surface area contributed by atoms with Crippen LogP contribution in [0.3, 0.4) is 0 Å². The molecule has 3 nitrogen and oxygen atoms in total. The molecule has 2 amide bonds. The number of amides is 2. The van der Waals surface area contributed by atoms with Crippen molar-refractivity contribution in [3.05, 3.63) is 33.8 Å². The smallest absolute Gasteiger partial charge is 0.259 e. The fraction of sp³-hybridized carbons (Fsp3) is 0.333. The SMILES string of the molecule is CCCCc1c(Cl)ccc2c1C(=O)NC2=O. The van der Waals surface area contributed by atoms with Crippen LogP contribution in [-0.2, 0) is 6.42 Å². The number of hydrogen-bond acceptors (Lipinski definition) is 2. The lowest BCUT2D eigenvalue weighted by atomic mass is 9.98. The molecule has 1 aliphatic rings. The highest BCUT2D eigenvalue weighted by Crippen LogP contribution is 2.28. The first-order valence-electron chi connectivity index (χ1n) is 5.32. The van der Waals surface area contributed by atoms with E-state index in [1.54, 1.807) is 12.1 Å². The number of fused-ring (bicyclic) bond motifs is 1. The third-order valence-corrected chi connectivity index (χ3v) is 3.09. The minimum Gasteiger partial charge on any atom is -0.288 e. The minimum atomic E-state index is -0.325. The highest BCUT2D eigenvalue weighted by atomic mass is 35.5. The summed E-state index contributed by atoms with van der Waals surface area (Å²) in [7, 11) is 0. The summed E-state index contributed by atoms with van der Waals surface area (Å²) < 4.78 is 0. The van der Waals surface area contributed by atoms with E-state index in [9.17, 15) is 9.59 Å². The first-order valence-corrected chi connectivity index (χ1v) is 5.70. The van der Waals surface area contributed by atoms with Crippen LogP contribution in [0, 0.1) is 0 Å². The Labute approximate surface area is 98.8 Å². The molecule has 16 heavy (non-hydrogen) atoms. The molecule has 2 rings (SSSR count). The van der Waals surface area contributed by atoms with Crippen LogP contribution < -0.4 is 5.32 Å². The van der Waals surface area contributed by atoms with Crippen molar-refractivity contribution >= 4 is 23.4 Å². The highest BCUT2D eigenvalue weighted by Gasteiger charge is 2.30. The quantitative estimate of drug-likeness (QED) is 0.822. The number of halogens is 1. The molecule has 0 saturated heterocycles. The third kappa shape index (κ3) is 1.71. The first kappa shape index (κ1) is 11.1. The molecule has 0 spiro atoms. The van der Waals surface area contributed by atoms with Gasteiger partial charge in [0.1, 0.15) is 0 Å². The summed E-state index contributed by atoms with van der Waals surface area (Å²) in [6.45, 7) is 2.07. The summed E-state index contributed by atoms with van der Waals surface area (Å²) in [5.74, 6) is -0.650. The lowest BCUT2D eigenvalue weighted by Gasteiger charge is -2.07. The second-order valence-electron chi connectivity index (χ2n) is 3.84. The molecule has 0 bridgehead atoms. The van der Waals surface area contributed by atoms with Crippen molar-refractivity contribution in [3.8, 4) is 0 Å². The van der Waals surface area contributed by atoms with Crippen LogP contribution in [0.5, 0.6) is 0 Å². The van der Waals surface area contributed by atoms with Crippen molar-refractivity contribution in [2.24, 2.45) is 0 Å². The van der Waals surface area contributed by atoms with Gasteiger partial charge >= 0.3 is 0 Å². The first-order chi connectivity index (χ1) is 7.65. The average Bonchev–Trinajstić information content (AvgIpc) is 2.53. The largest absolute Gasteiger partial charge is 0.288 e. The number of nitrogens with one attached hydrogen (secondary N) is 1. The topological polar surface area (TPSA) is 46.2 Å². The van der Waals surface area contributed by atoms with Gasteiger partial charge in [0.25, 0.3) is 11.8 Å². The molecule has 1 N–H and O–H groups in total. The van der Waals surface area contributed by atoms with Crippen LogP contribution in [0.25, 0.3) is 0 Å². The van der Waals surface area contributed by atoms with Crippen molar-refractivity contribution in [2.45, 2.75) is 26.2 Å². The summed E-state index contributed by atoms with van der Waals surface area (Å²) in [5.41, 5.74) is 1.70. The second kappa shape index (κ2) is 4.26. The van der Waals surface area contributed by atoms with Crippen LogP contribution in [0.2, 0.25) is 5.02 Å². The van der Waals surface area contributed by atoms with Gasteiger partial charge in [-0.3, -0.25) is 14.9 Å². The normalized spacial score (nSPS) is 13.9. The fourth-order valence-corrected chi connectivity index (χ4v) is 2.15. The minimum absolute atomic E-state index is 0.325. The molecule has 1 aliphatic heterocycles. The molecule has 0 unspecified atom stereocenters. The second-order valence-corrected chi connectivity index (χ2v) is 4.24. The van der Waals surface area contributed by atoms with Crippen molar-refractivity contribution in [1.29, 1.82) is 0 Å². The summed E-state index contributed by atoms with van der Waals surface area (Å²) >= 11 is 6.07. The molecule has 1 aromatic carbocycles. The number of hydrogen-bond donors (Lipinski definition) is 1. The molecule has 0 saturated carbocycles. The number of imide groups is 1. The Hall–Kier alpha value is -1.35. The molecule has 1 aromatic rings. The Morgan fingerprint density at radius 1 is 1.25 bits per heavy atom. The van der Waals surface area contributed by atoms with Gasteiger partial charge in [0, 0.05) is 5.02 Å². The zero-order valence-corrected chi connectivity index (χ0v) is 9.73. The number of rotatable bonds is 3. The van der Waals surface area contributed by atoms with Gasteiger partial charge in [-0.15, -0.1) is 0 Å². The van der Waals surface area contributed by atoms with Gasteiger partial charge in [0.2, 0.25) is 0 Å². The Bertz CT molecular complexity index is 468. The number of benzene rings is 1. The van der Waals surface area contributed by atoms with Gasteiger partial charge in [-0.05, 0) is 30.5 Å². The highest BCUT2D eigenvalue weighted by molar-refractivity contribution is 6.33. The predicted octanol–water partition coefficient (Wildman–Crippen LogP) is 2.57. The van der Waals surface area contributed by atoms with Crippen molar-refractivity contribution in [2.75, 3.05) is 0 Å². The van der Waals surface area contributed by atoms with Gasteiger partial charge in [-0.1, -0.05) is 24.9 Å². The van der Waals surface area contributed by atoms with Crippen LogP contribution in [0.4, 0.5) is 0 Å². The van der Waals surface area contributed by atoms with Gasteiger partial charge in [0.05, 0.1) is 11.1 Å². The lowest BCUT2D eigenvalue weighted by molar-refractivity contribution is 0.0879. The zero-order chi connectivity index (χ0) is 11.7. The van der Waals surface area contributed by atoms with Crippen molar-refractivity contribution < 1.29 is 9.59 Å². The van der Waals surface area contributed by atoms with E-state index < -0.39 is 0 Å². The maximum atomic E-state index is 11.6. The van der Waals surface area contributed by atoms with Gasteiger partial charge in [0.15, 0.2) is 0 Å². The fourth-order valence-electron chi connectivity index (χ4n) is 1.90. The van der Waals surface area contributed by atoms with Gasteiger partial charge < -0.3 is 0 Å². The van der Waals surface area contributed by atoms with E-state index in [2.05, 4.69) is 12.2 Å². The van der Waals surface area contributed by atoms with E-state index in [1.165, 1.54) is 0 Å². The maximum Gasteiger partial charge on any atom is 0.259 e. The predicted molar refractivity (Wildman–Crippen MR) is 61.9 cm³/mol. The average molecular weight is 238 g/mol. The molecule has 0 fully saturated rings. The molecule has 0 aliphatic carbocycles. The van der Waals surface area contributed by atoms with E-state index in [1.807, 2.05) is 0 Å². The summed E-state index contributed by atoms with van der Waals surface area (Å²) in [5, 5.41) is 2.86. The standard InChI is InChI=1S/C12H12ClNO2/c1-2-3-4-7-9(13)6-5-8-10(7)12(16)14-11(8)15/h5-6H,2-4H2,1H3,(H,14,15,16). The van der Waals surface area contributed by atoms with Crippen LogP contribution in [-0.4, -0.2) is 11.8 Å². The molecule has 1 heterocycles. The van der Waals surface area contributed by atoms with E-state index >= 15 is 0 Å². The monoisotopic (exact) mass is 237 g/mol. The number of carbonyl (C=O) groups is 2. The zero-order valence-electron chi connectivity index (χ0n) is 8.97. The van der Waals surface area contributed by atoms with Gasteiger partial charge in [-0.25, -0.2) is 0 Å². The molecule has 4 heteroatoms. The Balaban J connectivity index is 2.51. The molecule has 0 atom stereocenters. The Morgan fingerprint density at radius 2 is 2.00 bits per heavy atom. The third-order valence-electron chi connectivity index (χ3n) is 2.73. The van der Waals surface area contributed by atoms with Crippen LogP contribution in [0.1, 0.15) is 46.0 Å². The number of unbranched alkanes of at least 4 members (excludes halogenated alkanes) is 1. The molecular formula is C12H12ClNO2. The molecule has 84 valence electrons. The number of carbonyl (C=O) groups excluding carboxylic acids is 2. The van der Waals surface area contributed by atoms with Crippen LogP contribution in [0.15, 0.2) is 12.1 Å². The van der Waals surface area contributed by atoms with Crippen molar-refractivity contribution in [1.82, 2.24) is 5.32 Å². The van der Waals surface area contributed by atoms with E-state index in [-0.39, 0.29) is 11.8 Å². The van der Waals surface area contributed by atoms with Crippen LogP contribution >= 0.6 is 11.6 Å². The molecular weight excluding hydrogens is 226 g/mol. The van der Waals surface area contributed by atoms with E-state index in [0.29, 0.717) is 16.1 Å². The molecule has 0 aromatic heterocycles.